The lowest BCUT2D eigenvalue weighted by molar-refractivity contribution is -0.184. The highest BCUT2D eigenvalue weighted by Crippen LogP contribution is 2.24. The van der Waals surface area contributed by atoms with E-state index >= 15 is 0 Å². The average Bonchev–Trinajstić information content (AvgIpc) is 3.81. The minimum Gasteiger partial charge on any atom is -0.378 e. The van der Waals surface area contributed by atoms with Crippen LogP contribution in [0.4, 0.5) is 0 Å². The van der Waals surface area contributed by atoms with E-state index in [0.717, 1.165) is 49.4 Å². The van der Waals surface area contributed by atoms with Crippen LogP contribution in [0, 0.1) is 5.92 Å². The maximum Gasteiger partial charge on any atom is 0.158 e. The van der Waals surface area contributed by atoms with E-state index in [1.165, 1.54) is 5.56 Å². The molecular weight excluding hydrogens is 678 g/mol. The SMILES string of the molecule is CCC(NCCOCCOCCOCCn1cc(CN2CCS(=O)(=O)CC2)nn1)C1CCC(OCc2cn(-c3ccc(CNC)cc3)nn2)OC1. The zero-order valence-corrected chi connectivity index (χ0v) is 30.8. The molecule has 3 aromatic rings. The molecule has 51 heavy (non-hydrogen) atoms. The van der Waals surface area contributed by atoms with Gasteiger partial charge >= 0.3 is 0 Å². The van der Waals surface area contributed by atoms with Gasteiger partial charge in [-0.15, -0.1) is 10.2 Å². The number of nitrogens with zero attached hydrogens (tertiary/aromatic N) is 7. The van der Waals surface area contributed by atoms with Gasteiger partial charge in [0.1, 0.15) is 5.69 Å². The smallest absolute Gasteiger partial charge is 0.158 e. The second-order valence-corrected chi connectivity index (χ2v) is 15.3. The summed E-state index contributed by atoms with van der Waals surface area (Å²) in [5.41, 5.74) is 3.79. The fourth-order valence-corrected chi connectivity index (χ4v) is 7.43. The van der Waals surface area contributed by atoms with Crippen molar-refractivity contribution in [2.45, 2.75) is 64.8 Å². The van der Waals surface area contributed by atoms with Crippen molar-refractivity contribution >= 4 is 9.84 Å². The van der Waals surface area contributed by atoms with E-state index in [1.54, 1.807) is 9.36 Å². The summed E-state index contributed by atoms with van der Waals surface area (Å²) in [5.74, 6) is 0.844. The number of rotatable bonds is 23. The molecule has 17 heteroatoms. The van der Waals surface area contributed by atoms with Crippen LogP contribution in [-0.2, 0) is 59.8 Å². The molecule has 2 aliphatic rings. The van der Waals surface area contributed by atoms with E-state index < -0.39 is 9.84 Å². The monoisotopic (exact) mass is 733 g/mol. The summed E-state index contributed by atoms with van der Waals surface area (Å²) in [6, 6.07) is 8.59. The van der Waals surface area contributed by atoms with Crippen LogP contribution >= 0.6 is 0 Å². The molecule has 0 spiro atoms. The first kappa shape index (κ1) is 39.3. The first-order chi connectivity index (χ1) is 24.9. The van der Waals surface area contributed by atoms with Gasteiger partial charge in [0.05, 0.1) is 88.5 Å². The molecule has 284 valence electrons. The molecule has 0 bridgehead atoms. The van der Waals surface area contributed by atoms with E-state index in [0.29, 0.717) is 91.0 Å². The summed E-state index contributed by atoms with van der Waals surface area (Å²) >= 11 is 0. The quantitative estimate of drug-likeness (QED) is 0.133. The second kappa shape index (κ2) is 21.0. The molecule has 0 amide bonds. The molecule has 5 rings (SSSR count). The number of benzene rings is 1. The largest absolute Gasteiger partial charge is 0.378 e. The summed E-state index contributed by atoms with van der Waals surface area (Å²) in [6.45, 7) is 10.3. The fourth-order valence-electron chi connectivity index (χ4n) is 6.15. The first-order valence-electron chi connectivity index (χ1n) is 18.1. The van der Waals surface area contributed by atoms with Gasteiger partial charge in [-0.25, -0.2) is 17.8 Å². The minimum absolute atomic E-state index is 0.207. The van der Waals surface area contributed by atoms with Crippen LogP contribution in [0.5, 0.6) is 0 Å². The molecule has 0 saturated carbocycles. The highest BCUT2D eigenvalue weighted by atomic mass is 32.2. The van der Waals surface area contributed by atoms with Gasteiger partial charge < -0.3 is 34.3 Å². The van der Waals surface area contributed by atoms with Crippen molar-refractivity contribution in [3.63, 3.8) is 0 Å². The highest BCUT2D eigenvalue weighted by Gasteiger charge is 2.28. The van der Waals surface area contributed by atoms with Crippen molar-refractivity contribution in [3.8, 4) is 5.69 Å². The van der Waals surface area contributed by atoms with Crippen LogP contribution in [-0.4, -0.2) is 140 Å². The summed E-state index contributed by atoms with van der Waals surface area (Å²) in [7, 11) is -0.948. The van der Waals surface area contributed by atoms with Gasteiger partial charge in [-0.3, -0.25) is 4.90 Å². The van der Waals surface area contributed by atoms with Crippen LogP contribution in [0.25, 0.3) is 5.69 Å². The summed E-state index contributed by atoms with van der Waals surface area (Å²) < 4.78 is 55.9. The number of ether oxygens (including phenoxy) is 5. The Morgan fingerprint density at radius 1 is 0.922 bits per heavy atom. The third-order valence-electron chi connectivity index (χ3n) is 9.09. The number of sulfone groups is 1. The molecule has 2 aromatic heterocycles. The zero-order chi connectivity index (χ0) is 35.7. The summed E-state index contributed by atoms with van der Waals surface area (Å²) in [6.07, 6.45) is 6.45. The van der Waals surface area contributed by atoms with E-state index in [4.69, 9.17) is 23.7 Å². The number of nitrogens with one attached hydrogen (secondary N) is 2. The third kappa shape index (κ3) is 13.6. The van der Waals surface area contributed by atoms with E-state index in [-0.39, 0.29) is 17.8 Å². The van der Waals surface area contributed by atoms with E-state index in [1.807, 2.05) is 31.6 Å². The Bertz CT molecular complexity index is 1500. The Balaban J connectivity index is 0.833. The maximum absolute atomic E-state index is 11.6. The maximum atomic E-state index is 11.6. The molecule has 0 radical (unpaired) electrons. The van der Waals surface area contributed by atoms with Crippen LogP contribution in [0.2, 0.25) is 0 Å². The number of hydrogen-bond donors (Lipinski definition) is 2. The van der Waals surface area contributed by atoms with Crippen LogP contribution in [0.1, 0.15) is 43.1 Å². The van der Waals surface area contributed by atoms with Crippen LogP contribution in [0.3, 0.4) is 0 Å². The van der Waals surface area contributed by atoms with Gasteiger partial charge in [-0.05, 0) is 49.9 Å². The minimum atomic E-state index is -2.88. The van der Waals surface area contributed by atoms with Gasteiger partial charge in [-0.2, -0.15) is 0 Å². The zero-order valence-electron chi connectivity index (χ0n) is 30.0. The molecule has 0 aliphatic carbocycles. The third-order valence-corrected chi connectivity index (χ3v) is 10.7. The molecule has 2 saturated heterocycles. The van der Waals surface area contributed by atoms with E-state index in [9.17, 15) is 8.42 Å². The summed E-state index contributed by atoms with van der Waals surface area (Å²) in [4.78, 5) is 2.09. The Kier molecular flexibility index (Phi) is 16.2. The predicted molar refractivity (Wildman–Crippen MR) is 190 cm³/mol. The Labute approximate surface area is 301 Å². The molecule has 3 atom stereocenters. The number of aromatic nitrogens is 6. The van der Waals surface area contributed by atoms with Crippen molar-refractivity contribution in [2.24, 2.45) is 5.92 Å². The summed E-state index contributed by atoms with van der Waals surface area (Å²) in [5, 5.41) is 23.6. The average molecular weight is 734 g/mol. The number of hydrogen-bond acceptors (Lipinski definition) is 14. The van der Waals surface area contributed by atoms with Crippen LogP contribution < -0.4 is 10.6 Å². The van der Waals surface area contributed by atoms with Crippen molar-refractivity contribution in [2.75, 3.05) is 84.4 Å². The van der Waals surface area contributed by atoms with E-state index in [2.05, 4.69) is 55.2 Å². The highest BCUT2D eigenvalue weighted by molar-refractivity contribution is 7.91. The van der Waals surface area contributed by atoms with Crippen molar-refractivity contribution in [1.29, 1.82) is 0 Å². The lowest BCUT2D eigenvalue weighted by Crippen LogP contribution is -2.43. The van der Waals surface area contributed by atoms with Gasteiger partial charge in [0.2, 0.25) is 0 Å². The molecule has 2 N–H and O–H groups in total. The van der Waals surface area contributed by atoms with Crippen molar-refractivity contribution in [1.82, 2.24) is 45.5 Å². The molecule has 3 unspecified atom stereocenters. The molecule has 16 nitrogen and oxygen atoms in total. The van der Waals surface area contributed by atoms with Crippen molar-refractivity contribution in [3.05, 3.63) is 53.6 Å². The molecule has 4 heterocycles. The second-order valence-electron chi connectivity index (χ2n) is 13.0. The molecular formula is C34H55N9O7S. The van der Waals surface area contributed by atoms with Gasteiger partial charge in [0, 0.05) is 45.0 Å². The standard InChI is InChI=1S/C34H55N9O7S/c1-3-33(29-6-9-34(49-26-29)50-27-31-25-43(40-38-31)32-7-4-28(5-8-32)22-35-2)36-10-14-46-16-18-48-19-17-47-15-11-42-24-30(37-39-42)23-41-12-20-51(44,45)21-13-41/h4-5,7-8,24-25,29,33-36H,3,6,9-23,26-27H2,1-2H3. The molecule has 2 aliphatic heterocycles. The normalized spacial score (nSPS) is 20.1. The van der Waals surface area contributed by atoms with Gasteiger partial charge in [0.25, 0.3) is 0 Å². The van der Waals surface area contributed by atoms with Gasteiger partial charge in [0.15, 0.2) is 16.1 Å². The molecule has 2 fully saturated rings. The Morgan fingerprint density at radius 2 is 1.65 bits per heavy atom. The van der Waals surface area contributed by atoms with Gasteiger partial charge in [-0.1, -0.05) is 29.5 Å². The Hall–Kier alpha value is -2.87. The lowest BCUT2D eigenvalue weighted by atomic mass is 9.91. The fraction of sp³-hybridized carbons (Fsp3) is 0.706. The topological polar surface area (TPSA) is 169 Å². The Morgan fingerprint density at radius 3 is 2.35 bits per heavy atom. The lowest BCUT2D eigenvalue weighted by Gasteiger charge is -2.34. The van der Waals surface area contributed by atoms with Crippen molar-refractivity contribution < 1.29 is 32.1 Å². The van der Waals surface area contributed by atoms with Crippen LogP contribution in [0.15, 0.2) is 36.7 Å². The first-order valence-corrected chi connectivity index (χ1v) is 19.9. The molecule has 1 aromatic carbocycles. The predicted octanol–water partition coefficient (Wildman–Crippen LogP) is 1.20.